The average Bonchev–Trinajstić information content (AvgIpc) is 2.36. The lowest BCUT2D eigenvalue weighted by atomic mass is 9.84. The molecule has 1 fully saturated rings. The van der Waals surface area contributed by atoms with Crippen molar-refractivity contribution in [3.8, 4) is 0 Å². The van der Waals surface area contributed by atoms with Crippen LogP contribution in [-0.4, -0.2) is 24.0 Å². The maximum Gasteiger partial charge on any atom is 0.0237 e. The van der Waals surface area contributed by atoms with Gasteiger partial charge in [0.2, 0.25) is 0 Å². The van der Waals surface area contributed by atoms with Gasteiger partial charge in [0.1, 0.15) is 0 Å². The fourth-order valence-electron chi connectivity index (χ4n) is 3.12. The van der Waals surface area contributed by atoms with Gasteiger partial charge in [0, 0.05) is 25.7 Å². The number of benzene rings is 1. The van der Waals surface area contributed by atoms with Crippen LogP contribution in [0.25, 0.3) is 0 Å². The zero-order valence-electron chi connectivity index (χ0n) is 13.6. The van der Waals surface area contributed by atoms with E-state index in [1.807, 2.05) is 0 Å². The number of likely N-dealkylation sites (tertiary alicyclic amines) is 1. The van der Waals surface area contributed by atoms with Crippen LogP contribution in [0.1, 0.15) is 51.7 Å². The second-order valence-electron chi connectivity index (χ2n) is 7.28. The Morgan fingerprint density at radius 1 is 1.20 bits per heavy atom. The first-order chi connectivity index (χ1) is 9.46. The molecule has 0 amide bonds. The van der Waals surface area contributed by atoms with Crippen molar-refractivity contribution >= 4 is 0 Å². The third-order valence-electron chi connectivity index (χ3n) is 4.19. The average molecular weight is 274 g/mol. The molecule has 0 atom stereocenters. The molecule has 0 radical (unpaired) electrons. The molecule has 0 unspecified atom stereocenters. The normalized spacial score (nSPS) is 19.4. The smallest absolute Gasteiger partial charge is 0.0237 e. The lowest BCUT2D eigenvalue weighted by Crippen LogP contribution is -2.39. The Bertz CT molecular complexity index is 423. The number of rotatable bonds is 5. The van der Waals surface area contributed by atoms with Gasteiger partial charge >= 0.3 is 0 Å². The minimum absolute atomic E-state index is 0.476. The van der Waals surface area contributed by atoms with Crippen molar-refractivity contribution < 1.29 is 0 Å². The van der Waals surface area contributed by atoms with Gasteiger partial charge in [-0.15, -0.1) is 0 Å². The van der Waals surface area contributed by atoms with E-state index < -0.39 is 0 Å². The SMILES string of the molecule is CC(C)NCc1ccccc1CN1CCCC(C)(C)C1. The van der Waals surface area contributed by atoms with Crippen LogP contribution in [-0.2, 0) is 13.1 Å². The van der Waals surface area contributed by atoms with Crippen molar-refractivity contribution in [3.05, 3.63) is 35.4 Å². The molecule has 2 rings (SSSR count). The van der Waals surface area contributed by atoms with Gasteiger partial charge < -0.3 is 5.32 Å². The van der Waals surface area contributed by atoms with E-state index in [1.54, 1.807) is 0 Å². The Kier molecular flexibility index (Phi) is 5.22. The van der Waals surface area contributed by atoms with Crippen molar-refractivity contribution in [2.24, 2.45) is 5.41 Å². The molecule has 1 saturated heterocycles. The van der Waals surface area contributed by atoms with E-state index in [4.69, 9.17) is 0 Å². The lowest BCUT2D eigenvalue weighted by molar-refractivity contribution is 0.111. The van der Waals surface area contributed by atoms with Crippen LogP contribution in [0.5, 0.6) is 0 Å². The Morgan fingerprint density at radius 3 is 2.55 bits per heavy atom. The summed E-state index contributed by atoms with van der Waals surface area (Å²) in [5.74, 6) is 0. The highest BCUT2D eigenvalue weighted by molar-refractivity contribution is 5.27. The maximum absolute atomic E-state index is 3.54. The Hall–Kier alpha value is -0.860. The fourth-order valence-corrected chi connectivity index (χ4v) is 3.12. The van der Waals surface area contributed by atoms with Gasteiger partial charge in [-0.05, 0) is 35.9 Å². The van der Waals surface area contributed by atoms with Crippen molar-refractivity contribution in [1.29, 1.82) is 0 Å². The van der Waals surface area contributed by atoms with Crippen LogP contribution in [0.4, 0.5) is 0 Å². The second-order valence-corrected chi connectivity index (χ2v) is 7.28. The van der Waals surface area contributed by atoms with Crippen LogP contribution in [0.3, 0.4) is 0 Å². The van der Waals surface area contributed by atoms with E-state index in [-0.39, 0.29) is 0 Å². The molecule has 1 aromatic carbocycles. The molecule has 2 nitrogen and oxygen atoms in total. The van der Waals surface area contributed by atoms with Gasteiger partial charge in [-0.25, -0.2) is 0 Å². The zero-order valence-corrected chi connectivity index (χ0v) is 13.6. The molecule has 0 bridgehead atoms. The predicted molar refractivity (Wildman–Crippen MR) is 86.7 cm³/mol. The molecular weight excluding hydrogens is 244 g/mol. The molecule has 1 aliphatic heterocycles. The molecule has 1 N–H and O–H groups in total. The summed E-state index contributed by atoms with van der Waals surface area (Å²) in [6.45, 7) is 13.7. The molecule has 1 aliphatic rings. The molecule has 0 aromatic heterocycles. The molecule has 112 valence electrons. The predicted octanol–water partition coefficient (Wildman–Crippen LogP) is 3.81. The van der Waals surface area contributed by atoms with Gasteiger partial charge in [0.05, 0.1) is 0 Å². The number of hydrogen-bond donors (Lipinski definition) is 1. The minimum Gasteiger partial charge on any atom is -0.310 e. The van der Waals surface area contributed by atoms with Gasteiger partial charge in [0.15, 0.2) is 0 Å². The Morgan fingerprint density at radius 2 is 1.90 bits per heavy atom. The summed E-state index contributed by atoms with van der Waals surface area (Å²) in [6.07, 6.45) is 2.69. The van der Waals surface area contributed by atoms with E-state index in [1.165, 1.54) is 37.1 Å². The first-order valence-electron chi connectivity index (χ1n) is 7.99. The summed E-state index contributed by atoms with van der Waals surface area (Å²) >= 11 is 0. The van der Waals surface area contributed by atoms with E-state index in [2.05, 4.69) is 62.2 Å². The van der Waals surface area contributed by atoms with Gasteiger partial charge in [-0.1, -0.05) is 52.0 Å². The zero-order chi connectivity index (χ0) is 14.6. The third-order valence-corrected chi connectivity index (χ3v) is 4.19. The summed E-state index contributed by atoms with van der Waals surface area (Å²) in [7, 11) is 0. The standard InChI is InChI=1S/C18H30N2/c1-15(2)19-12-16-8-5-6-9-17(16)13-20-11-7-10-18(3,4)14-20/h5-6,8-9,15,19H,7,10-14H2,1-4H3. The first-order valence-corrected chi connectivity index (χ1v) is 7.99. The Balaban J connectivity index is 2.01. The quantitative estimate of drug-likeness (QED) is 0.878. The number of nitrogens with zero attached hydrogens (tertiary/aromatic N) is 1. The largest absolute Gasteiger partial charge is 0.310 e. The third kappa shape index (κ3) is 4.60. The van der Waals surface area contributed by atoms with Gasteiger partial charge in [-0.3, -0.25) is 4.90 Å². The molecule has 0 saturated carbocycles. The highest BCUT2D eigenvalue weighted by Crippen LogP contribution is 2.29. The van der Waals surface area contributed by atoms with E-state index in [0.717, 1.165) is 13.1 Å². The van der Waals surface area contributed by atoms with Crippen LogP contribution >= 0.6 is 0 Å². The number of nitrogens with one attached hydrogen (secondary N) is 1. The second kappa shape index (κ2) is 6.73. The summed E-state index contributed by atoms with van der Waals surface area (Å²) in [5, 5.41) is 3.54. The van der Waals surface area contributed by atoms with Crippen LogP contribution in [0, 0.1) is 5.41 Å². The number of piperidine rings is 1. The topological polar surface area (TPSA) is 15.3 Å². The minimum atomic E-state index is 0.476. The molecule has 0 spiro atoms. The van der Waals surface area contributed by atoms with Gasteiger partial charge in [0.25, 0.3) is 0 Å². The molecular formula is C18H30N2. The van der Waals surface area contributed by atoms with Gasteiger partial charge in [-0.2, -0.15) is 0 Å². The molecule has 0 aliphatic carbocycles. The molecule has 2 heteroatoms. The highest BCUT2D eigenvalue weighted by atomic mass is 15.1. The molecule has 1 aromatic rings. The summed E-state index contributed by atoms with van der Waals surface area (Å²) < 4.78 is 0. The van der Waals surface area contributed by atoms with Crippen molar-refractivity contribution in [2.75, 3.05) is 13.1 Å². The van der Waals surface area contributed by atoms with E-state index in [0.29, 0.717) is 11.5 Å². The van der Waals surface area contributed by atoms with Crippen LogP contribution in [0.15, 0.2) is 24.3 Å². The maximum atomic E-state index is 3.54. The summed E-state index contributed by atoms with van der Waals surface area (Å²) in [6, 6.07) is 9.42. The summed E-state index contributed by atoms with van der Waals surface area (Å²) in [4.78, 5) is 2.62. The van der Waals surface area contributed by atoms with Crippen LogP contribution < -0.4 is 5.32 Å². The molecule has 20 heavy (non-hydrogen) atoms. The van der Waals surface area contributed by atoms with Crippen molar-refractivity contribution in [3.63, 3.8) is 0 Å². The monoisotopic (exact) mass is 274 g/mol. The lowest BCUT2D eigenvalue weighted by Gasteiger charge is -2.38. The van der Waals surface area contributed by atoms with Crippen molar-refractivity contribution in [2.45, 2.75) is 59.7 Å². The van der Waals surface area contributed by atoms with E-state index in [9.17, 15) is 0 Å². The van der Waals surface area contributed by atoms with Crippen molar-refractivity contribution in [1.82, 2.24) is 10.2 Å². The van der Waals surface area contributed by atoms with E-state index >= 15 is 0 Å². The first kappa shape index (κ1) is 15.5. The van der Waals surface area contributed by atoms with Crippen LogP contribution in [0.2, 0.25) is 0 Å². The number of hydrogen-bond acceptors (Lipinski definition) is 2. The summed E-state index contributed by atoms with van der Waals surface area (Å²) in [5.41, 5.74) is 3.41. The molecule has 1 heterocycles. The Labute approximate surface area is 124 Å². The fraction of sp³-hybridized carbons (Fsp3) is 0.667. The highest BCUT2D eigenvalue weighted by Gasteiger charge is 2.26.